The largest absolute Gasteiger partial charge is 0.341 e. The predicted molar refractivity (Wildman–Crippen MR) is 106 cm³/mol. The van der Waals surface area contributed by atoms with Crippen LogP contribution in [0.15, 0.2) is 24.3 Å². The van der Waals surface area contributed by atoms with E-state index in [-0.39, 0.29) is 24.4 Å². The van der Waals surface area contributed by atoms with E-state index in [1.165, 1.54) is 6.42 Å². The van der Waals surface area contributed by atoms with E-state index in [4.69, 9.17) is 0 Å². The second-order valence-corrected chi connectivity index (χ2v) is 8.39. The van der Waals surface area contributed by atoms with E-state index in [1.54, 1.807) is 11.9 Å². The summed E-state index contributed by atoms with van der Waals surface area (Å²) in [6, 6.07) is 7.63. The highest BCUT2D eigenvalue weighted by Crippen LogP contribution is 2.39. The van der Waals surface area contributed by atoms with E-state index in [1.807, 2.05) is 24.3 Å². The molecule has 6 heteroatoms. The van der Waals surface area contributed by atoms with Gasteiger partial charge in [0.05, 0.1) is 0 Å². The number of rotatable bonds is 3. The molecule has 0 bridgehead atoms. The summed E-state index contributed by atoms with van der Waals surface area (Å²) < 4.78 is 0. The van der Waals surface area contributed by atoms with Crippen molar-refractivity contribution in [2.45, 2.75) is 69.4 Å². The van der Waals surface area contributed by atoms with Gasteiger partial charge in [-0.1, -0.05) is 43.5 Å². The third-order valence-electron chi connectivity index (χ3n) is 6.71. The average molecular weight is 383 g/mol. The maximum atomic E-state index is 13.4. The smallest absolute Gasteiger partial charge is 0.325 e. The number of benzene rings is 1. The summed E-state index contributed by atoms with van der Waals surface area (Å²) >= 11 is 0. The summed E-state index contributed by atoms with van der Waals surface area (Å²) in [5, 5.41) is 2.96. The van der Waals surface area contributed by atoms with Crippen molar-refractivity contribution in [3.63, 3.8) is 0 Å². The molecular weight excluding hydrogens is 354 g/mol. The Morgan fingerprint density at radius 2 is 1.89 bits per heavy atom. The van der Waals surface area contributed by atoms with E-state index in [2.05, 4.69) is 5.32 Å². The average Bonchev–Trinajstić information content (AvgIpc) is 2.86. The van der Waals surface area contributed by atoms with Crippen LogP contribution in [0.5, 0.6) is 0 Å². The molecule has 1 spiro atoms. The number of fused-ring (bicyclic) bond motifs is 2. The molecule has 1 aliphatic heterocycles. The van der Waals surface area contributed by atoms with Crippen molar-refractivity contribution in [2.24, 2.45) is 0 Å². The number of amides is 4. The monoisotopic (exact) mass is 383 g/mol. The van der Waals surface area contributed by atoms with Crippen LogP contribution in [0.3, 0.4) is 0 Å². The van der Waals surface area contributed by atoms with Crippen molar-refractivity contribution in [3.05, 3.63) is 35.4 Å². The van der Waals surface area contributed by atoms with E-state index in [0.717, 1.165) is 61.0 Å². The molecule has 6 nitrogen and oxygen atoms in total. The van der Waals surface area contributed by atoms with Crippen molar-refractivity contribution in [2.75, 3.05) is 13.6 Å². The van der Waals surface area contributed by atoms with Crippen LogP contribution in [0.25, 0.3) is 0 Å². The van der Waals surface area contributed by atoms with Gasteiger partial charge in [0, 0.05) is 13.1 Å². The number of likely N-dealkylation sites (N-methyl/N-ethyl adjacent to an activating group) is 1. The molecule has 2 fully saturated rings. The van der Waals surface area contributed by atoms with E-state index < -0.39 is 11.6 Å². The lowest BCUT2D eigenvalue weighted by molar-refractivity contribution is -0.140. The highest BCUT2D eigenvalue weighted by Gasteiger charge is 2.53. The van der Waals surface area contributed by atoms with Crippen LogP contribution >= 0.6 is 0 Å². The minimum absolute atomic E-state index is 0.158. The second-order valence-electron chi connectivity index (χ2n) is 8.39. The minimum atomic E-state index is -1.02. The molecule has 28 heavy (non-hydrogen) atoms. The van der Waals surface area contributed by atoms with Crippen LogP contribution in [-0.4, -0.2) is 47.3 Å². The zero-order chi connectivity index (χ0) is 19.7. The van der Waals surface area contributed by atoms with Crippen molar-refractivity contribution >= 4 is 17.8 Å². The Morgan fingerprint density at radius 3 is 2.68 bits per heavy atom. The summed E-state index contributed by atoms with van der Waals surface area (Å²) in [6.07, 6.45) is 8.82. The number of hydrogen-bond acceptors (Lipinski definition) is 3. The summed E-state index contributed by atoms with van der Waals surface area (Å²) in [7, 11) is 1.80. The van der Waals surface area contributed by atoms with Crippen LogP contribution < -0.4 is 5.32 Å². The molecule has 0 aromatic heterocycles. The van der Waals surface area contributed by atoms with Crippen LogP contribution in [0, 0.1) is 0 Å². The zero-order valence-corrected chi connectivity index (χ0v) is 16.6. The molecular formula is C22H29N3O3. The first-order valence-corrected chi connectivity index (χ1v) is 10.5. The topological polar surface area (TPSA) is 69.7 Å². The Balaban J connectivity index is 1.55. The van der Waals surface area contributed by atoms with Crippen molar-refractivity contribution in [1.82, 2.24) is 15.1 Å². The molecule has 1 heterocycles. The molecule has 1 aromatic rings. The van der Waals surface area contributed by atoms with Crippen LogP contribution in [0.1, 0.15) is 62.5 Å². The van der Waals surface area contributed by atoms with Crippen LogP contribution in [0.4, 0.5) is 4.79 Å². The molecule has 2 aliphatic carbocycles. The van der Waals surface area contributed by atoms with E-state index in [0.29, 0.717) is 6.42 Å². The standard InChI is InChI=1S/C22H29N3O3/c1-24(17-11-3-2-4-12-17)19(26)15-25-20(27)22(23-21(25)28)14-8-7-10-16-9-5-6-13-18(16)22/h5-6,9,13,17H,2-4,7-8,10-12,14-15H2,1H3,(H,23,28). The van der Waals surface area contributed by atoms with Gasteiger partial charge < -0.3 is 10.2 Å². The molecule has 1 N–H and O–H groups in total. The molecule has 0 radical (unpaired) electrons. The van der Waals surface area contributed by atoms with Gasteiger partial charge in [-0.2, -0.15) is 0 Å². The molecule has 3 aliphatic rings. The Hall–Kier alpha value is -2.37. The van der Waals surface area contributed by atoms with Gasteiger partial charge >= 0.3 is 6.03 Å². The van der Waals surface area contributed by atoms with Gasteiger partial charge in [-0.25, -0.2) is 4.79 Å². The SMILES string of the molecule is CN(C(=O)CN1C(=O)NC2(CCCCc3ccccc32)C1=O)C1CCCCC1. The molecule has 150 valence electrons. The van der Waals surface area contributed by atoms with Crippen molar-refractivity contribution in [1.29, 1.82) is 0 Å². The van der Waals surface area contributed by atoms with Gasteiger partial charge in [0.1, 0.15) is 12.1 Å². The minimum Gasteiger partial charge on any atom is -0.341 e. The van der Waals surface area contributed by atoms with Gasteiger partial charge in [-0.3, -0.25) is 14.5 Å². The van der Waals surface area contributed by atoms with Crippen LogP contribution in [0.2, 0.25) is 0 Å². The lowest BCUT2D eigenvalue weighted by atomic mass is 9.84. The highest BCUT2D eigenvalue weighted by molar-refractivity contribution is 6.09. The van der Waals surface area contributed by atoms with Crippen molar-refractivity contribution < 1.29 is 14.4 Å². The van der Waals surface area contributed by atoms with Gasteiger partial charge in [-0.15, -0.1) is 0 Å². The number of aryl methyl sites for hydroxylation is 1. The Labute approximate surface area is 166 Å². The van der Waals surface area contributed by atoms with Crippen molar-refractivity contribution in [3.8, 4) is 0 Å². The predicted octanol–water partition coefficient (Wildman–Crippen LogP) is 2.95. The van der Waals surface area contributed by atoms with E-state index in [9.17, 15) is 14.4 Å². The molecule has 1 unspecified atom stereocenters. The molecule has 4 amide bonds. The van der Waals surface area contributed by atoms with Gasteiger partial charge in [-0.05, 0) is 49.7 Å². The normalized spacial score (nSPS) is 25.4. The number of urea groups is 1. The molecule has 1 aromatic carbocycles. The third-order valence-corrected chi connectivity index (χ3v) is 6.71. The maximum Gasteiger partial charge on any atom is 0.325 e. The van der Waals surface area contributed by atoms with E-state index >= 15 is 0 Å². The lowest BCUT2D eigenvalue weighted by Gasteiger charge is -2.32. The number of imide groups is 1. The van der Waals surface area contributed by atoms with Crippen LogP contribution in [-0.2, 0) is 21.5 Å². The highest BCUT2D eigenvalue weighted by atomic mass is 16.2. The lowest BCUT2D eigenvalue weighted by Crippen LogP contribution is -2.47. The number of nitrogens with zero attached hydrogens (tertiary/aromatic N) is 2. The first-order chi connectivity index (χ1) is 13.5. The number of nitrogens with one attached hydrogen (secondary N) is 1. The first-order valence-electron chi connectivity index (χ1n) is 10.5. The Morgan fingerprint density at radius 1 is 1.14 bits per heavy atom. The number of carbonyl (C=O) groups is 3. The van der Waals surface area contributed by atoms with Gasteiger partial charge in [0.2, 0.25) is 5.91 Å². The maximum absolute atomic E-state index is 13.4. The third kappa shape index (κ3) is 3.19. The van der Waals surface area contributed by atoms with Gasteiger partial charge in [0.15, 0.2) is 0 Å². The van der Waals surface area contributed by atoms with Gasteiger partial charge in [0.25, 0.3) is 5.91 Å². The molecule has 1 saturated heterocycles. The first kappa shape index (κ1) is 19.0. The number of carbonyl (C=O) groups excluding carboxylic acids is 3. The summed E-state index contributed by atoms with van der Waals surface area (Å²) in [5.74, 6) is -0.438. The molecule has 1 saturated carbocycles. The number of hydrogen-bond donors (Lipinski definition) is 1. The summed E-state index contributed by atoms with van der Waals surface area (Å²) in [4.78, 5) is 41.8. The summed E-state index contributed by atoms with van der Waals surface area (Å²) in [5.41, 5.74) is 0.982. The Kier molecular flexibility index (Phi) is 5.13. The fourth-order valence-corrected chi connectivity index (χ4v) is 5.04. The fraction of sp³-hybridized carbons (Fsp3) is 0.591. The molecule has 4 rings (SSSR count). The fourth-order valence-electron chi connectivity index (χ4n) is 5.04. The zero-order valence-electron chi connectivity index (χ0n) is 16.6. The Bertz CT molecular complexity index is 787. The quantitative estimate of drug-likeness (QED) is 0.816. The molecule has 1 atom stereocenters. The summed E-state index contributed by atoms with van der Waals surface area (Å²) in [6.45, 7) is -0.179. The second kappa shape index (κ2) is 7.57.